The lowest BCUT2D eigenvalue weighted by Crippen LogP contribution is -2.18. The highest BCUT2D eigenvalue weighted by molar-refractivity contribution is 5.18. The van der Waals surface area contributed by atoms with E-state index < -0.39 is 6.04 Å². The first-order valence-electron chi connectivity index (χ1n) is 6.27. The molecule has 0 aliphatic carbocycles. The van der Waals surface area contributed by atoms with E-state index >= 15 is 0 Å². The first kappa shape index (κ1) is 12.4. The smallest absolute Gasteiger partial charge is 0.283 e. The molecule has 2 heterocycles. The van der Waals surface area contributed by atoms with Gasteiger partial charge in [0, 0.05) is 12.5 Å². The Balaban J connectivity index is 1.80. The zero-order valence-corrected chi connectivity index (χ0v) is 10.9. The van der Waals surface area contributed by atoms with Gasteiger partial charge in [0.15, 0.2) is 5.82 Å². The van der Waals surface area contributed by atoms with E-state index in [1.165, 1.54) is 17.1 Å². The lowest BCUT2D eigenvalue weighted by molar-refractivity contribution is 0.210. The van der Waals surface area contributed by atoms with Crippen molar-refractivity contribution in [2.45, 2.75) is 19.4 Å². The van der Waals surface area contributed by atoms with Gasteiger partial charge >= 0.3 is 0 Å². The zero-order valence-electron chi connectivity index (χ0n) is 10.9. The van der Waals surface area contributed by atoms with Crippen molar-refractivity contribution in [1.29, 1.82) is 0 Å². The summed E-state index contributed by atoms with van der Waals surface area (Å²) in [5, 5.41) is 3.93. The number of aromatic nitrogens is 3. The van der Waals surface area contributed by atoms with E-state index in [1.807, 2.05) is 30.3 Å². The lowest BCUT2D eigenvalue weighted by atomic mass is 10.1. The summed E-state index contributed by atoms with van der Waals surface area (Å²) in [6, 6.07) is 10.8. The number of hydrogen-bond acceptors (Lipinski definition) is 5. The van der Waals surface area contributed by atoms with E-state index in [0.717, 1.165) is 5.56 Å². The second-order valence-electron chi connectivity index (χ2n) is 4.46. The van der Waals surface area contributed by atoms with Crippen molar-refractivity contribution in [2.24, 2.45) is 0 Å². The standard InChI is InChI=1S/C14H13N3O3/c1-10(17-13(18)7-8-19-17)14-15-12(16-20-14)9-11-5-3-2-4-6-11/h2-8,10H,9H2,1H3/t10-/m0/s1. The Morgan fingerprint density at radius 3 is 2.75 bits per heavy atom. The van der Waals surface area contributed by atoms with Gasteiger partial charge in [0.2, 0.25) is 0 Å². The van der Waals surface area contributed by atoms with Gasteiger partial charge in [-0.1, -0.05) is 35.5 Å². The van der Waals surface area contributed by atoms with Crippen LogP contribution in [0.25, 0.3) is 0 Å². The molecule has 0 spiro atoms. The van der Waals surface area contributed by atoms with E-state index in [-0.39, 0.29) is 5.56 Å². The predicted molar refractivity (Wildman–Crippen MR) is 70.3 cm³/mol. The van der Waals surface area contributed by atoms with Crippen LogP contribution in [0.4, 0.5) is 0 Å². The highest BCUT2D eigenvalue weighted by Gasteiger charge is 2.19. The monoisotopic (exact) mass is 271 g/mol. The summed E-state index contributed by atoms with van der Waals surface area (Å²) in [5.41, 5.74) is 0.864. The normalized spacial score (nSPS) is 12.4. The SMILES string of the molecule is C[C@@H](c1nc(Cc2ccccc2)no1)n1occc1=O. The molecule has 0 aliphatic rings. The molecule has 2 aromatic heterocycles. The molecule has 102 valence electrons. The summed E-state index contributed by atoms with van der Waals surface area (Å²) in [6.07, 6.45) is 1.92. The summed E-state index contributed by atoms with van der Waals surface area (Å²) in [5.74, 6) is 0.936. The topological polar surface area (TPSA) is 74.1 Å². The summed E-state index contributed by atoms with van der Waals surface area (Å²) in [6.45, 7) is 1.77. The molecule has 0 amide bonds. The molecule has 6 heteroatoms. The Hall–Kier alpha value is -2.63. The maximum absolute atomic E-state index is 11.5. The molecule has 0 aliphatic heterocycles. The van der Waals surface area contributed by atoms with Gasteiger partial charge in [-0.25, -0.2) is 0 Å². The average Bonchev–Trinajstić information content (AvgIpc) is 3.08. The molecular formula is C14H13N3O3. The molecule has 3 rings (SSSR count). The zero-order chi connectivity index (χ0) is 13.9. The van der Waals surface area contributed by atoms with Crippen molar-refractivity contribution in [3.05, 3.63) is 70.3 Å². The Morgan fingerprint density at radius 2 is 2.05 bits per heavy atom. The molecular weight excluding hydrogens is 258 g/mol. The van der Waals surface area contributed by atoms with E-state index in [9.17, 15) is 4.79 Å². The fourth-order valence-electron chi connectivity index (χ4n) is 1.95. The Kier molecular flexibility index (Phi) is 3.20. The molecule has 1 atom stereocenters. The van der Waals surface area contributed by atoms with Crippen LogP contribution in [0.2, 0.25) is 0 Å². The number of hydrogen-bond donors (Lipinski definition) is 0. The van der Waals surface area contributed by atoms with Gasteiger partial charge in [-0.2, -0.15) is 9.72 Å². The molecule has 20 heavy (non-hydrogen) atoms. The summed E-state index contributed by atoms with van der Waals surface area (Å²) < 4.78 is 11.5. The maximum Gasteiger partial charge on any atom is 0.283 e. The van der Waals surface area contributed by atoms with Crippen LogP contribution >= 0.6 is 0 Å². The third-order valence-corrected chi connectivity index (χ3v) is 3.00. The molecule has 0 saturated heterocycles. The summed E-state index contributed by atoms with van der Waals surface area (Å²) in [4.78, 5) is 15.8. The third-order valence-electron chi connectivity index (χ3n) is 3.00. The van der Waals surface area contributed by atoms with E-state index in [0.29, 0.717) is 18.1 Å². The Morgan fingerprint density at radius 1 is 1.25 bits per heavy atom. The van der Waals surface area contributed by atoms with Crippen LogP contribution in [-0.4, -0.2) is 14.9 Å². The molecule has 0 N–H and O–H groups in total. The minimum absolute atomic E-state index is 0.236. The highest BCUT2D eigenvalue weighted by Crippen LogP contribution is 2.15. The largest absolute Gasteiger partial charge is 0.383 e. The van der Waals surface area contributed by atoms with Crippen LogP contribution in [-0.2, 0) is 6.42 Å². The van der Waals surface area contributed by atoms with Gasteiger partial charge in [-0.05, 0) is 12.5 Å². The quantitative estimate of drug-likeness (QED) is 0.725. The first-order valence-corrected chi connectivity index (χ1v) is 6.27. The van der Waals surface area contributed by atoms with Gasteiger partial charge in [0.1, 0.15) is 12.3 Å². The molecule has 0 radical (unpaired) electrons. The van der Waals surface area contributed by atoms with Crippen molar-refractivity contribution in [3.8, 4) is 0 Å². The molecule has 0 bridgehead atoms. The van der Waals surface area contributed by atoms with E-state index in [2.05, 4.69) is 10.1 Å². The van der Waals surface area contributed by atoms with Crippen LogP contribution in [0.1, 0.15) is 30.2 Å². The molecule has 1 aromatic carbocycles. The van der Waals surface area contributed by atoms with E-state index in [4.69, 9.17) is 9.05 Å². The number of rotatable bonds is 4. The predicted octanol–water partition coefficient (Wildman–Crippen LogP) is 2.02. The lowest BCUT2D eigenvalue weighted by Gasteiger charge is -2.03. The second kappa shape index (κ2) is 5.16. The van der Waals surface area contributed by atoms with Gasteiger partial charge < -0.3 is 9.05 Å². The van der Waals surface area contributed by atoms with Crippen molar-refractivity contribution in [2.75, 3.05) is 0 Å². The van der Waals surface area contributed by atoms with Crippen LogP contribution in [0.3, 0.4) is 0 Å². The van der Waals surface area contributed by atoms with Gasteiger partial charge in [-0.3, -0.25) is 4.79 Å². The number of benzene rings is 1. The van der Waals surface area contributed by atoms with Crippen molar-refractivity contribution < 1.29 is 9.05 Å². The minimum atomic E-state index is -0.422. The van der Waals surface area contributed by atoms with Gasteiger partial charge in [0.05, 0.1) is 0 Å². The van der Waals surface area contributed by atoms with Crippen molar-refractivity contribution in [3.63, 3.8) is 0 Å². The first-order chi connectivity index (χ1) is 9.74. The molecule has 6 nitrogen and oxygen atoms in total. The van der Waals surface area contributed by atoms with Crippen LogP contribution in [0.5, 0.6) is 0 Å². The highest BCUT2D eigenvalue weighted by atomic mass is 16.5. The summed E-state index contributed by atoms with van der Waals surface area (Å²) in [7, 11) is 0. The van der Waals surface area contributed by atoms with Crippen molar-refractivity contribution >= 4 is 0 Å². The molecule has 0 unspecified atom stereocenters. The van der Waals surface area contributed by atoms with Crippen molar-refractivity contribution in [1.82, 2.24) is 14.9 Å². The van der Waals surface area contributed by atoms with Gasteiger partial charge in [0.25, 0.3) is 11.4 Å². The number of nitrogens with zero attached hydrogens (tertiary/aromatic N) is 3. The summed E-state index contributed by atoms with van der Waals surface area (Å²) >= 11 is 0. The fourth-order valence-corrected chi connectivity index (χ4v) is 1.95. The minimum Gasteiger partial charge on any atom is -0.383 e. The second-order valence-corrected chi connectivity index (χ2v) is 4.46. The fraction of sp³-hybridized carbons (Fsp3) is 0.214. The third kappa shape index (κ3) is 2.40. The maximum atomic E-state index is 11.5. The Labute approximate surface area is 114 Å². The van der Waals surface area contributed by atoms with Gasteiger partial charge in [-0.15, -0.1) is 0 Å². The molecule has 0 saturated carbocycles. The Bertz CT molecular complexity index is 742. The van der Waals surface area contributed by atoms with Crippen LogP contribution in [0.15, 0.2) is 56.5 Å². The van der Waals surface area contributed by atoms with E-state index in [1.54, 1.807) is 6.92 Å². The van der Waals surface area contributed by atoms with Crippen LogP contribution in [0, 0.1) is 0 Å². The average molecular weight is 271 g/mol. The molecule has 0 fully saturated rings. The van der Waals surface area contributed by atoms with Crippen LogP contribution < -0.4 is 5.56 Å². The molecule has 3 aromatic rings.